The van der Waals surface area contributed by atoms with Gasteiger partial charge < -0.3 is 15.2 Å². The van der Waals surface area contributed by atoms with E-state index in [-0.39, 0.29) is 6.61 Å². The third-order valence-electron chi connectivity index (χ3n) is 2.52. The molecule has 2 aromatic rings. The molecule has 0 bridgehead atoms. The first-order valence-corrected chi connectivity index (χ1v) is 5.78. The van der Waals surface area contributed by atoms with Crippen molar-refractivity contribution in [3.8, 4) is 11.5 Å². The van der Waals surface area contributed by atoms with Gasteiger partial charge in [-0.1, -0.05) is 18.2 Å². The number of para-hydroxylation sites is 1. The molecular weight excluding hydrogens is 228 g/mol. The second-order valence-electron chi connectivity index (χ2n) is 3.93. The topological polar surface area (TPSA) is 54.4 Å². The summed E-state index contributed by atoms with van der Waals surface area (Å²) in [6, 6.07) is 9.33. The molecule has 0 saturated carbocycles. The molecule has 0 saturated heterocycles. The second kappa shape index (κ2) is 6.14. The van der Waals surface area contributed by atoms with Gasteiger partial charge in [-0.25, -0.2) is 0 Å². The summed E-state index contributed by atoms with van der Waals surface area (Å²) in [6.45, 7) is 0.700. The Hall–Kier alpha value is -1.91. The Morgan fingerprint density at radius 1 is 1.28 bits per heavy atom. The van der Waals surface area contributed by atoms with Gasteiger partial charge in [-0.05, 0) is 24.7 Å². The zero-order valence-corrected chi connectivity index (χ0v) is 10.3. The van der Waals surface area contributed by atoms with Crippen LogP contribution in [-0.4, -0.2) is 17.1 Å². The van der Waals surface area contributed by atoms with Crippen molar-refractivity contribution in [3.05, 3.63) is 53.9 Å². The molecule has 0 amide bonds. The standard InChI is InChI=1S/C14H16N2O2/c1-15-7-11-6-13(9-16-8-11)18-14-5-3-2-4-12(14)10-17/h2-6,8-9,15,17H,7,10H2,1H3. The Kier molecular flexibility index (Phi) is 4.28. The Balaban J connectivity index is 2.20. The summed E-state index contributed by atoms with van der Waals surface area (Å²) in [6.07, 6.45) is 3.45. The van der Waals surface area contributed by atoms with Crippen molar-refractivity contribution < 1.29 is 9.84 Å². The van der Waals surface area contributed by atoms with Crippen molar-refractivity contribution in [3.63, 3.8) is 0 Å². The monoisotopic (exact) mass is 244 g/mol. The number of ether oxygens (including phenoxy) is 1. The number of pyridine rings is 1. The first-order chi connectivity index (χ1) is 8.83. The first kappa shape index (κ1) is 12.5. The van der Waals surface area contributed by atoms with Crippen LogP contribution in [0.4, 0.5) is 0 Å². The van der Waals surface area contributed by atoms with E-state index in [1.165, 1.54) is 0 Å². The van der Waals surface area contributed by atoms with Gasteiger partial charge in [-0.3, -0.25) is 4.98 Å². The highest BCUT2D eigenvalue weighted by atomic mass is 16.5. The third-order valence-corrected chi connectivity index (χ3v) is 2.52. The molecule has 0 aliphatic carbocycles. The molecule has 4 heteroatoms. The van der Waals surface area contributed by atoms with Crippen LogP contribution in [0.2, 0.25) is 0 Å². The summed E-state index contributed by atoms with van der Waals surface area (Å²) in [4.78, 5) is 4.13. The van der Waals surface area contributed by atoms with Crippen molar-refractivity contribution in [1.29, 1.82) is 0 Å². The number of aromatic nitrogens is 1. The molecule has 2 N–H and O–H groups in total. The molecule has 1 aromatic carbocycles. The van der Waals surface area contributed by atoms with E-state index in [9.17, 15) is 5.11 Å². The molecule has 1 aromatic heterocycles. The van der Waals surface area contributed by atoms with Gasteiger partial charge in [0.1, 0.15) is 11.5 Å². The van der Waals surface area contributed by atoms with E-state index >= 15 is 0 Å². The van der Waals surface area contributed by atoms with Gasteiger partial charge in [0.25, 0.3) is 0 Å². The lowest BCUT2D eigenvalue weighted by Gasteiger charge is -2.10. The van der Waals surface area contributed by atoms with E-state index in [2.05, 4.69) is 10.3 Å². The summed E-state index contributed by atoms with van der Waals surface area (Å²) in [5.74, 6) is 1.33. The summed E-state index contributed by atoms with van der Waals surface area (Å²) >= 11 is 0. The normalized spacial score (nSPS) is 10.3. The number of nitrogens with one attached hydrogen (secondary N) is 1. The number of nitrogens with zero attached hydrogens (tertiary/aromatic N) is 1. The fraction of sp³-hybridized carbons (Fsp3) is 0.214. The number of benzene rings is 1. The zero-order valence-electron chi connectivity index (χ0n) is 10.3. The SMILES string of the molecule is CNCc1cncc(Oc2ccccc2CO)c1. The van der Waals surface area contributed by atoms with Crippen LogP contribution in [0.15, 0.2) is 42.7 Å². The zero-order chi connectivity index (χ0) is 12.8. The number of aliphatic hydroxyl groups is 1. The third kappa shape index (κ3) is 3.06. The molecule has 0 atom stereocenters. The summed E-state index contributed by atoms with van der Waals surface area (Å²) in [7, 11) is 1.88. The molecular formula is C14H16N2O2. The van der Waals surface area contributed by atoms with E-state index in [0.29, 0.717) is 11.5 Å². The van der Waals surface area contributed by atoms with Crippen LogP contribution in [0, 0.1) is 0 Å². The molecule has 18 heavy (non-hydrogen) atoms. The van der Waals surface area contributed by atoms with Crippen molar-refractivity contribution >= 4 is 0 Å². The van der Waals surface area contributed by atoms with E-state index in [4.69, 9.17) is 4.74 Å². The van der Waals surface area contributed by atoms with Gasteiger partial charge >= 0.3 is 0 Å². The van der Waals surface area contributed by atoms with Crippen molar-refractivity contribution in [2.75, 3.05) is 7.05 Å². The predicted octanol–water partition coefficient (Wildman–Crippen LogP) is 2.09. The Labute approximate surface area is 106 Å². The maximum Gasteiger partial charge on any atom is 0.146 e. The summed E-state index contributed by atoms with van der Waals surface area (Å²) in [5, 5.41) is 12.3. The van der Waals surface area contributed by atoms with Crippen LogP contribution in [-0.2, 0) is 13.2 Å². The van der Waals surface area contributed by atoms with Gasteiger partial charge in [-0.15, -0.1) is 0 Å². The minimum Gasteiger partial charge on any atom is -0.455 e. The van der Waals surface area contributed by atoms with E-state index in [1.807, 2.05) is 37.4 Å². The lowest BCUT2D eigenvalue weighted by Crippen LogP contribution is -2.05. The fourth-order valence-electron chi connectivity index (χ4n) is 1.68. The molecule has 2 rings (SSSR count). The van der Waals surface area contributed by atoms with Crippen LogP contribution >= 0.6 is 0 Å². The average molecular weight is 244 g/mol. The van der Waals surface area contributed by atoms with E-state index < -0.39 is 0 Å². The highest BCUT2D eigenvalue weighted by molar-refractivity contribution is 5.37. The Bertz CT molecular complexity index is 515. The molecule has 0 unspecified atom stereocenters. The lowest BCUT2D eigenvalue weighted by atomic mass is 10.2. The maximum absolute atomic E-state index is 9.23. The number of hydrogen-bond donors (Lipinski definition) is 2. The van der Waals surface area contributed by atoms with Crippen LogP contribution < -0.4 is 10.1 Å². The molecule has 0 aliphatic heterocycles. The van der Waals surface area contributed by atoms with Crippen LogP contribution in [0.1, 0.15) is 11.1 Å². The Morgan fingerprint density at radius 3 is 2.89 bits per heavy atom. The van der Waals surface area contributed by atoms with Crippen molar-refractivity contribution in [2.45, 2.75) is 13.2 Å². The molecule has 0 fully saturated rings. The van der Waals surface area contributed by atoms with Crippen LogP contribution in [0.5, 0.6) is 11.5 Å². The minimum absolute atomic E-state index is 0.0419. The molecule has 0 radical (unpaired) electrons. The highest BCUT2D eigenvalue weighted by Crippen LogP contribution is 2.25. The number of hydrogen-bond acceptors (Lipinski definition) is 4. The quantitative estimate of drug-likeness (QED) is 0.845. The summed E-state index contributed by atoms with van der Waals surface area (Å²) < 4.78 is 5.74. The maximum atomic E-state index is 9.23. The van der Waals surface area contributed by atoms with Gasteiger partial charge in [0.2, 0.25) is 0 Å². The Morgan fingerprint density at radius 2 is 2.11 bits per heavy atom. The summed E-state index contributed by atoms with van der Waals surface area (Å²) in [5.41, 5.74) is 1.81. The molecule has 0 aliphatic rings. The van der Waals surface area contributed by atoms with Crippen LogP contribution in [0.3, 0.4) is 0 Å². The average Bonchev–Trinajstić information content (AvgIpc) is 2.40. The minimum atomic E-state index is -0.0419. The van der Waals surface area contributed by atoms with Crippen molar-refractivity contribution in [1.82, 2.24) is 10.3 Å². The largest absolute Gasteiger partial charge is 0.455 e. The molecule has 94 valence electrons. The van der Waals surface area contributed by atoms with Crippen molar-refractivity contribution in [2.24, 2.45) is 0 Å². The van der Waals surface area contributed by atoms with Gasteiger partial charge in [0.05, 0.1) is 12.8 Å². The molecule has 4 nitrogen and oxygen atoms in total. The number of aliphatic hydroxyl groups excluding tert-OH is 1. The van der Waals surface area contributed by atoms with E-state index in [1.54, 1.807) is 12.4 Å². The first-order valence-electron chi connectivity index (χ1n) is 5.78. The van der Waals surface area contributed by atoms with Crippen LogP contribution in [0.25, 0.3) is 0 Å². The van der Waals surface area contributed by atoms with E-state index in [0.717, 1.165) is 17.7 Å². The second-order valence-corrected chi connectivity index (χ2v) is 3.93. The smallest absolute Gasteiger partial charge is 0.146 e. The molecule has 0 spiro atoms. The lowest BCUT2D eigenvalue weighted by molar-refractivity contribution is 0.276. The van der Waals surface area contributed by atoms with Gasteiger partial charge in [0.15, 0.2) is 0 Å². The molecule has 1 heterocycles. The van der Waals surface area contributed by atoms with Gasteiger partial charge in [0, 0.05) is 18.3 Å². The predicted molar refractivity (Wildman–Crippen MR) is 69.4 cm³/mol. The number of rotatable bonds is 5. The van der Waals surface area contributed by atoms with Gasteiger partial charge in [-0.2, -0.15) is 0 Å². The highest BCUT2D eigenvalue weighted by Gasteiger charge is 2.04. The fourth-order valence-corrected chi connectivity index (χ4v) is 1.68.